The molecule has 0 aliphatic carbocycles. The molecule has 1 heterocycles. The number of amides is 1. The first-order valence-corrected chi connectivity index (χ1v) is 8.85. The fourth-order valence-electron chi connectivity index (χ4n) is 3.18. The zero-order chi connectivity index (χ0) is 17.8. The van der Waals surface area contributed by atoms with Crippen molar-refractivity contribution in [2.24, 2.45) is 0 Å². The highest BCUT2D eigenvalue weighted by atomic mass is 16.5. The number of carbonyl (C=O) groups is 1. The third-order valence-corrected chi connectivity index (χ3v) is 4.71. The van der Waals surface area contributed by atoms with E-state index in [4.69, 9.17) is 4.74 Å². The van der Waals surface area contributed by atoms with Crippen molar-refractivity contribution in [3.8, 4) is 5.75 Å². The van der Waals surface area contributed by atoms with Gasteiger partial charge in [0.05, 0.1) is 0 Å². The van der Waals surface area contributed by atoms with E-state index in [-0.39, 0.29) is 12.0 Å². The fourth-order valence-corrected chi connectivity index (χ4v) is 3.18. The van der Waals surface area contributed by atoms with Crippen LogP contribution in [0.15, 0.2) is 42.5 Å². The van der Waals surface area contributed by atoms with E-state index >= 15 is 0 Å². The lowest BCUT2D eigenvalue weighted by atomic mass is 10.1. The van der Waals surface area contributed by atoms with Gasteiger partial charge < -0.3 is 15.0 Å². The Hall–Kier alpha value is -2.33. The van der Waals surface area contributed by atoms with Crippen LogP contribution in [0.4, 0.5) is 5.69 Å². The van der Waals surface area contributed by atoms with Gasteiger partial charge in [-0.05, 0) is 69.6 Å². The van der Waals surface area contributed by atoms with Gasteiger partial charge in [0.1, 0.15) is 11.9 Å². The summed E-state index contributed by atoms with van der Waals surface area (Å²) >= 11 is 0. The average Bonchev–Trinajstić information content (AvgIpc) is 2.58. The van der Waals surface area contributed by atoms with E-state index in [1.165, 1.54) is 0 Å². The highest BCUT2D eigenvalue weighted by Gasteiger charge is 2.18. The molecule has 1 saturated heterocycles. The number of nitrogens with zero attached hydrogens (tertiary/aromatic N) is 1. The van der Waals surface area contributed by atoms with Crippen molar-refractivity contribution in [1.29, 1.82) is 0 Å². The number of hydrogen-bond donors (Lipinski definition) is 1. The number of carbonyl (C=O) groups excluding carboxylic acids is 1. The molecule has 0 spiro atoms. The van der Waals surface area contributed by atoms with Gasteiger partial charge in [0.15, 0.2) is 0 Å². The maximum absolute atomic E-state index is 12.4. The first kappa shape index (κ1) is 17.5. The predicted octanol–water partition coefficient (Wildman–Crippen LogP) is 4.03. The van der Waals surface area contributed by atoms with Gasteiger partial charge in [-0.2, -0.15) is 0 Å². The molecule has 4 heteroatoms. The lowest BCUT2D eigenvalue weighted by Crippen LogP contribution is -2.35. The second-order valence-electron chi connectivity index (χ2n) is 6.92. The van der Waals surface area contributed by atoms with Gasteiger partial charge in [0.25, 0.3) is 5.91 Å². The molecule has 0 unspecified atom stereocenters. The van der Waals surface area contributed by atoms with Crippen molar-refractivity contribution in [3.05, 3.63) is 59.2 Å². The first-order valence-electron chi connectivity index (χ1n) is 8.85. The van der Waals surface area contributed by atoms with Crippen LogP contribution in [0.3, 0.4) is 0 Å². The summed E-state index contributed by atoms with van der Waals surface area (Å²) in [5, 5.41) is 2.95. The first-order chi connectivity index (χ1) is 12.0. The third-order valence-electron chi connectivity index (χ3n) is 4.71. The van der Waals surface area contributed by atoms with E-state index in [1.54, 1.807) is 0 Å². The molecule has 0 radical (unpaired) electrons. The maximum Gasteiger partial charge on any atom is 0.255 e. The number of nitrogens with one attached hydrogen (secondary N) is 1. The molecular formula is C21H26N2O2. The van der Waals surface area contributed by atoms with Crippen LogP contribution < -0.4 is 10.1 Å². The van der Waals surface area contributed by atoms with Crippen LogP contribution in [0.5, 0.6) is 5.75 Å². The Balaban J connectivity index is 1.59. The van der Waals surface area contributed by atoms with E-state index in [9.17, 15) is 4.79 Å². The molecular weight excluding hydrogens is 312 g/mol. The zero-order valence-corrected chi connectivity index (χ0v) is 15.2. The number of anilines is 1. The Morgan fingerprint density at radius 1 is 1.08 bits per heavy atom. The smallest absolute Gasteiger partial charge is 0.255 e. The zero-order valence-electron chi connectivity index (χ0n) is 15.2. The molecule has 0 bridgehead atoms. The number of rotatable bonds is 4. The molecule has 0 aromatic heterocycles. The van der Waals surface area contributed by atoms with Crippen LogP contribution in [0, 0.1) is 13.8 Å². The highest BCUT2D eigenvalue weighted by Crippen LogP contribution is 2.21. The SMILES string of the molecule is Cc1ccc(C(=O)Nc2ccc(OC3CCN(C)CC3)cc2)c(C)c1. The minimum absolute atomic E-state index is 0.0820. The Bertz CT molecular complexity index is 732. The molecule has 1 N–H and O–H groups in total. The molecule has 132 valence electrons. The molecule has 25 heavy (non-hydrogen) atoms. The fraction of sp³-hybridized carbons (Fsp3) is 0.381. The summed E-state index contributed by atoms with van der Waals surface area (Å²) in [5.74, 6) is 0.778. The van der Waals surface area contributed by atoms with Crippen LogP contribution in [-0.2, 0) is 0 Å². The van der Waals surface area contributed by atoms with E-state index < -0.39 is 0 Å². The largest absolute Gasteiger partial charge is 0.490 e. The van der Waals surface area contributed by atoms with Gasteiger partial charge in [-0.25, -0.2) is 0 Å². The standard InChI is InChI=1S/C21H26N2O2/c1-15-4-9-20(16(2)14-15)21(24)22-17-5-7-18(8-6-17)25-19-10-12-23(3)13-11-19/h4-9,14,19H,10-13H2,1-3H3,(H,22,24). The molecule has 3 rings (SSSR count). The quantitative estimate of drug-likeness (QED) is 0.915. The highest BCUT2D eigenvalue weighted by molar-refractivity contribution is 6.05. The maximum atomic E-state index is 12.4. The van der Waals surface area contributed by atoms with Crippen molar-refractivity contribution in [3.63, 3.8) is 0 Å². The number of likely N-dealkylation sites (tertiary alicyclic amines) is 1. The molecule has 1 amide bonds. The van der Waals surface area contributed by atoms with E-state index in [0.29, 0.717) is 5.56 Å². The number of piperidine rings is 1. The molecule has 0 saturated carbocycles. The molecule has 0 atom stereocenters. The van der Waals surface area contributed by atoms with Crippen LogP contribution in [-0.4, -0.2) is 37.0 Å². The minimum Gasteiger partial charge on any atom is -0.490 e. The van der Waals surface area contributed by atoms with E-state index in [2.05, 4.69) is 17.3 Å². The Labute approximate surface area is 149 Å². The lowest BCUT2D eigenvalue weighted by Gasteiger charge is -2.29. The molecule has 2 aromatic carbocycles. The summed E-state index contributed by atoms with van der Waals surface area (Å²) in [6.45, 7) is 6.14. The second kappa shape index (κ2) is 7.70. The Kier molecular flexibility index (Phi) is 5.39. The van der Waals surface area contributed by atoms with Crippen LogP contribution >= 0.6 is 0 Å². The molecule has 1 aliphatic rings. The van der Waals surface area contributed by atoms with Crippen molar-refractivity contribution < 1.29 is 9.53 Å². The summed E-state index contributed by atoms with van der Waals surface area (Å²) in [6, 6.07) is 13.5. The number of benzene rings is 2. The summed E-state index contributed by atoms with van der Waals surface area (Å²) in [4.78, 5) is 14.8. The normalized spacial score (nSPS) is 15.8. The molecule has 4 nitrogen and oxygen atoms in total. The van der Waals surface area contributed by atoms with Crippen molar-refractivity contribution in [1.82, 2.24) is 4.90 Å². The summed E-state index contributed by atoms with van der Waals surface area (Å²) in [7, 11) is 2.14. The van der Waals surface area contributed by atoms with Gasteiger partial charge in [0, 0.05) is 24.3 Å². The molecule has 2 aromatic rings. The molecule has 1 aliphatic heterocycles. The summed E-state index contributed by atoms with van der Waals surface area (Å²) < 4.78 is 6.04. The summed E-state index contributed by atoms with van der Waals surface area (Å²) in [6.07, 6.45) is 2.40. The van der Waals surface area contributed by atoms with Gasteiger partial charge in [0.2, 0.25) is 0 Å². The van der Waals surface area contributed by atoms with Crippen LogP contribution in [0.1, 0.15) is 34.3 Å². The predicted molar refractivity (Wildman–Crippen MR) is 101 cm³/mol. The summed E-state index contributed by atoms with van der Waals surface area (Å²) in [5.41, 5.74) is 3.63. The Morgan fingerprint density at radius 2 is 1.76 bits per heavy atom. The van der Waals surface area contributed by atoms with Gasteiger partial charge in [-0.15, -0.1) is 0 Å². The topological polar surface area (TPSA) is 41.6 Å². The Morgan fingerprint density at radius 3 is 2.40 bits per heavy atom. The van der Waals surface area contributed by atoms with Crippen LogP contribution in [0.2, 0.25) is 0 Å². The monoisotopic (exact) mass is 338 g/mol. The lowest BCUT2D eigenvalue weighted by molar-refractivity contribution is 0.102. The number of hydrogen-bond acceptors (Lipinski definition) is 3. The third kappa shape index (κ3) is 4.60. The van der Waals surface area contributed by atoms with Gasteiger partial charge in [-0.3, -0.25) is 4.79 Å². The van der Waals surface area contributed by atoms with Crippen LogP contribution in [0.25, 0.3) is 0 Å². The number of aryl methyl sites for hydroxylation is 2. The molecule has 1 fully saturated rings. The van der Waals surface area contributed by atoms with Gasteiger partial charge in [-0.1, -0.05) is 17.7 Å². The van der Waals surface area contributed by atoms with E-state index in [0.717, 1.165) is 48.5 Å². The van der Waals surface area contributed by atoms with Gasteiger partial charge >= 0.3 is 0 Å². The number of ether oxygens (including phenoxy) is 1. The van der Waals surface area contributed by atoms with Crippen molar-refractivity contribution in [2.75, 3.05) is 25.5 Å². The van der Waals surface area contributed by atoms with Crippen molar-refractivity contribution >= 4 is 11.6 Å². The minimum atomic E-state index is -0.0820. The van der Waals surface area contributed by atoms with E-state index in [1.807, 2.05) is 56.3 Å². The second-order valence-corrected chi connectivity index (χ2v) is 6.92. The van der Waals surface area contributed by atoms with Crippen molar-refractivity contribution in [2.45, 2.75) is 32.8 Å². The average molecular weight is 338 g/mol.